The molecule has 1 aromatic rings. The van der Waals surface area contributed by atoms with Crippen molar-refractivity contribution in [3.05, 3.63) is 22.2 Å². The topological polar surface area (TPSA) is 30.5 Å². The van der Waals surface area contributed by atoms with Gasteiger partial charge >= 0.3 is 6.61 Å². The Morgan fingerprint density at radius 3 is 2.26 bits per heavy atom. The molecule has 0 aromatic heterocycles. The molecule has 0 radical (unpaired) electrons. The molecule has 0 aliphatic rings. The van der Waals surface area contributed by atoms with Gasteiger partial charge in [-0.2, -0.15) is 8.78 Å². The first-order valence-electron chi connectivity index (χ1n) is 5.67. The zero-order valence-electron chi connectivity index (χ0n) is 10.6. The molecule has 1 unspecified atom stereocenters. The molecule has 0 aliphatic heterocycles. The molecule has 19 heavy (non-hydrogen) atoms. The Morgan fingerprint density at radius 2 is 1.84 bits per heavy atom. The summed E-state index contributed by atoms with van der Waals surface area (Å²) in [6.07, 6.45) is 0.832. The number of hydrogen-bond donors (Lipinski definition) is 1. The van der Waals surface area contributed by atoms with Gasteiger partial charge in [0.15, 0.2) is 5.75 Å². The molecule has 7 heteroatoms. The van der Waals surface area contributed by atoms with Gasteiger partial charge in [-0.05, 0) is 18.6 Å². The highest BCUT2D eigenvalue weighted by atomic mass is 35.5. The van der Waals surface area contributed by atoms with Crippen molar-refractivity contribution in [1.29, 1.82) is 0 Å². The SMILES string of the molecule is CCC(COC)Nc1cc(Cl)c(OC(F)F)c(Cl)c1. The summed E-state index contributed by atoms with van der Waals surface area (Å²) < 4.78 is 33.7. The molecule has 108 valence electrons. The monoisotopic (exact) mass is 313 g/mol. The van der Waals surface area contributed by atoms with E-state index in [1.807, 2.05) is 6.92 Å². The molecule has 0 saturated carbocycles. The summed E-state index contributed by atoms with van der Waals surface area (Å²) in [4.78, 5) is 0. The van der Waals surface area contributed by atoms with Crippen LogP contribution in [0, 0.1) is 0 Å². The largest absolute Gasteiger partial charge is 0.432 e. The second kappa shape index (κ2) is 7.72. The highest BCUT2D eigenvalue weighted by Crippen LogP contribution is 2.37. The highest BCUT2D eigenvalue weighted by Gasteiger charge is 2.15. The third-order valence-corrected chi connectivity index (χ3v) is 3.00. The van der Waals surface area contributed by atoms with Gasteiger partial charge in [-0.15, -0.1) is 0 Å². The lowest BCUT2D eigenvalue weighted by Crippen LogP contribution is -2.23. The van der Waals surface area contributed by atoms with E-state index in [1.54, 1.807) is 7.11 Å². The number of nitrogens with one attached hydrogen (secondary N) is 1. The quantitative estimate of drug-likeness (QED) is 0.807. The van der Waals surface area contributed by atoms with E-state index in [-0.39, 0.29) is 21.8 Å². The molecule has 0 spiro atoms. The fraction of sp³-hybridized carbons (Fsp3) is 0.500. The minimum Gasteiger partial charge on any atom is -0.432 e. The number of alkyl halides is 2. The first-order valence-corrected chi connectivity index (χ1v) is 6.42. The summed E-state index contributed by atoms with van der Waals surface area (Å²) in [6.45, 7) is -0.458. The summed E-state index contributed by atoms with van der Waals surface area (Å²) in [5, 5.41) is 3.22. The van der Waals surface area contributed by atoms with Crippen molar-refractivity contribution in [2.24, 2.45) is 0 Å². The fourth-order valence-corrected chi connectivity index (χ4v) is 2.12. The van der Waals surface area contributed by atoms with Gasteiger partial charge in [-0.3, -0.25) is 0 Å². The Kier molecular flexibility index (Phi) is 6.62. The van der Waals surface area contributed by atoms with Crippen LogP contribution in [0.5, 0.6) is 5.75 Å². The van der Waals surface area contributed by atoms with E-state index in [0.29, 0.717) is 12.3 Å². The Balaban J connectivity index is 2.87. The summed E-state index contributed by atoms with van der Waals surface area (Å²) in [5.74, 6) is -0.219. The van der Waals surface area contributed by atoms with Gasteiger partial charge in [0, 0.05) is 18.8 Å². The van der Waals surface area contributed by atoms with E-state index in [0.717, 1.165) is 6.42 Å². The van der Waals surface area contributed by atoms with Crippen LogP contribution in [0.15, 0.2) is 12.1 Å². The summed E-state index contributed by atoms with van der Waals surface area (Å²) in [6, 6.07) is 3.06. The van der Waals surface area contributed by atoms with Crippen molar-refractivity contribution in [2.45, 2.75) is 26.0 Å². The van der Waals surface area contributed by atoms with Gasteiger partial charge in [0.05, 0.1) is 16.7 Å². The van der Waals surface area contributed by atoms with Crippen molar-refractivity contribution in [2.75, 3.05) is 19.0 Å². The number of rotatable bonds is 7. The first-order chi connectivity index (χ1) is 8.97. The van der Waals surface area contributed by atoms with Crippen LogP contribution < -0.4 is 10.1 Å². The molecule has 0 bridgehead atoms. The van der Waals surface area contributed by atoms with Gasteiger partial charge in [0.25, 0.3) is 0 Å². The number of methoxy groups -OCH3 is 1. The average molecular weight is 314 g/mol. The molecule has 3 nitrogen and oxygen atoms in total. The Bertz CT molecular complexity index is 396. The van der Waals surface area contributed by atoms with Crippen LogP contribution in [0.3, 0.4) is 0 Å². The van der Waals surface area contributed by atoms with Crippen LogP contribution in [0.4, 0.5) is 14.5 Å². The van der Waals surface area contributed by atoms with E-state index in [4.69, 9.17) is 27.9 Å². The Hall–Kier alpha value is -0.780. The molecule has 0 fully saturated rings. The Morgan fingerprint density at radius 1 is 1.26 bits per heavy atom. The lowest BCUT2D eigenvalue weighted by atomic mass is 10.2. The molecule has 0 heterocycles. The third kappa shape index (κ3) is 5.01. The zero-order valence-corrected chi connectivity index (χ0v) is 12.1. The molecular formula is C12H15Cl2F2NO2. The highest BCUT2D eigenvalue weighted by molar-refractivity contribution is 6.37. The summed E-state index contributed by atoms with van der Waals surface area (Å²) in [7, 11) is 1.60. The number of benzene rings is 1. The second-order valence-electron chi connectivity index (χ2n) is 3.85. The van der Waals surface area contributed by atoms with Crippen molar-refractivity contribution in [1.82, 2.24) is 0 Å². The normalized spacial score (nSPS) is 12.6. The van der Waals surface area contributed by atoms with E-state index in [1.165, 1.54) is 12.1 Å². The van der Waals surface area contributed by atoms with Crippen LogP contribution in [-0.2, 0) is 4.74 Å². The smallest absolute Gasteiger partial charge is 0.387 e. The van der Waals surface area contributed by atoms with E-state index >= 15 is 0 Å². The summed E-state index contributed by atoms with van der Waals surface area (Å²) in [5.41, 5.74) is 0.625. The van der Waals surface area contributed by atoms with Crippen molar-refractivity contribution >= 4 is 28.9 Å². The molecule has 0 aliphatic carbocycles. The van der Waals surface area contributed by atoms with Gasteiger partial charge in [-0.25, -0.2) is 0 Å². The maximum absolute atomic E-state index is 12.2. The van der Waals surface area contributed by atoms with Crippen LogP contribution in [0.2, 0.25) is 10.0 Å². The lowest BCUT2D eigenvalue weighted by Gasteiger charge is -2.18. The molecule has 1 rings (SSSR count). The number of anilines is 1. The minimum atomic E-state index is -2.97. The van der Waals surface area contributed by atoms with E-state index < -0.39 is 6.61 Å². The van der Waals surface area contributed by atoms with Gasteiger partial charge in [-0.1, -0.05) is 30.1 Å². The predicted octanol–water partition coefficient (Wildman–Crippen LogP) is 4.43. The zero-order chi connectivity index (χ0) is 14.4. The first kappa shape index (κ1) is 16.3. The molecule has 0 saturated heterocycles. The molecule has 0 amide bonds. The third-order valence-electron chi connectivity index (χ3n) is 2.44. The van der Waals surface area contributed by atoms with Crippen molar-refractivity contribution in [3.8, 4) is 5.75 Å². The Labute approximate surface area is 120 Å². The number of hydrogen-bond acceptors (Lipinski definition) is 3. The maximum atomic E-state index is 12.2. The van der Waals surface area contributed by atoms with Crippen LogP contribution in [-0.4, -0.2) is 26.4 Å². The van der Waals surface area contributed by atoms with Gasteiger partial charge in [0.2, 0.25) is 0 Å². The number of ether oxygens (including phenoxy) is 2. The standard InChI is InChI=1S/C12H15Cl2F2NO2/c1-3-7(6-18-2)17-8-4-9(13)11(10(14)5-8)19-12(15)16/h4-5,7,12,17H,3,6H2,1-2H3. The van der Waals surface area contributed by atoms with Crippen LogP contribution in [0.25, 0.3) is 0 Å². The van der Waals surface area contributed by atoms with Crippen molar-refractivity contribution < 1.29 is 18.3 Å². The molecule has 1 atom stereocenters. The van der Waals surface area contributed by atoms with Crippen molar-refractivity contribution in [3.63, 3.8) is 0 Å². The molecule has 1 N–H and O–H groups in total. The molecule has 1 aromatic carbocycles. The average Bonchev–Trinajstić information content (AvgIpc) is 2.33. The number of halogens is 4. The summed E-state index contributed by atoms with van der Waals surface area (Å²) >= 11 is 11.7. The lowest BCUT2D eigenvalue weighted by molar-refractivity contribution is -0.0497. The predicted molar refractivity (Wildman–Crippen MR) is 72.7 cm³/mol. The van der Waals surface area contributed by atoms with E-state index in [9.17, 15) is 8.78 Å². The van der Waals surface area contributed by atoms with Gasteiger partial charge < -0.3 is 14.8 Å². The second-order valence-corrected chi connectivity index (χ2v) is 4.67. The fourth-order valence-electron chi connectivity index (χ4n) is 1.54. The van der Waals surface area contributed by atoms with Crippen LogP contribution >= 0.6 is 23.2 Å². The maximum Gasteiger partial charge on any atom is 0.387 e. The molecular weight excluding hydrogens is 299 g/mol. The van der Waals surface area contributed by atoms with Crippen LogP contribution in [0.1, 0.15) is 13.3 Å². The van der Waals surface area contributed by atoms with Gasteiger partial charge in [0.1, 0.15) is 0 Å². The van der Waals surface area contributed by atoms with E-state index in [2.05, 4.69) is 10.1 Å². The minimum absolute atomic E-state index is 0.0302.